The Morgan fingerprint density at radius 2 is 1.94 bits per heavy atom. The third kappa shape index (κ3) is 4.67. The maximum atomic E-state index is 13.2. The summed E-state index contributed by atoms with van der Waals surface area (Å²) >= 11 is 6.03. The topological polar surface area (TPSA) is 83.4 Å². The van der Waals surface area contributed by atoms with E-state index in [0.717, 1.165) is 18.5 Å². The van der Waals surface area contributed by atoms with Crippen molar-refractivity contribution in [3.63, 3.8) is 0 Å². The predicted octanol–water partition coefficient (Wildman–Crippen LogP) is 3.68. The number of nitrogens with one attached hydrogen (secondary N) is 2. The summed E-state index contributed by atoms with van der Waals surface area (Å²) in [6.45, 7) is 5.69. The first-order valence-electron chi connectivity index (χ1n) is 11.2. The number of hydrogen-bond acceptors (Lipinski definition) is 3. The van der Waals surface area contributed by atoms with E-state index in [2.05, 4.69) is 10.6 Å². The molecule has 32 heavy (non-hydrogen) atoms. The molecule has 0 unspecified atom stereocenters. The molecule has 1 fully saturated rings. The highest BCUT2D eigenvalue weighted by Gasteiger charge is 2.37. The minimum absolute atomic E-state index is 0.0182. The average molecular weight is 457 g/mol. The van der Waals surface area contributed by atoms with E-state index < -0.39 is 6.04 Å². The zero-order valence-electron chi connectivity index (χ0n) is 18.4. The molecule has 0 radical (unpaired) electrons. The van der Waals surface area contributed by atoms with Crippen molar-refractivity contribution >= 4 is 29.2 Å². The number of anilines is 1. The molecule has 4 rings (SSSR count). The molecule has 2 bridgehead atoms. The van der Waals surface area contributed by atoms with E-state index in [1.807, 2.05) is 24.5 Å². The molecule has 3 heterocycles. The fourth-order valence-electron chi connectivity index (χ4n) is 4.77. The van der Waals surface area contributed by atoms with Crippen molar-refractivity contribution in [2.75, 3.05) is 18.4 Å². The number of nitrogens with zero attached hydrogens (tertiary/aromatic N) is 2. The van der Waals surface area contributed by atoms with E-state index in [9.17, 15) is 14.4 Å². The largest absolute Gasteiger partial charge is 0.326 e. The number of pyridine rings is 1. The number of carbonyl (C=O) groups excluding carboxylic acids is 2. The maximum absolute atomic E-state index is 13.2. The second-order valence-electron chi connectivity index (χ2n) is 8.92. The van der Waals surface area contributed by atoms with Crippen LogP contribution in [0.3, 0.4) is 0 Å². The number of piperidine rings is 1. The zero-order chi connectivity index (χ0) is 22.8. The van der Waals surface area contributed by atoms with Gasteiger partial charge in [-0.15, -0.1) is 0 Å². The van der Waals surface area contributed by atoms with Gasteiger partial charge in [0.25, 0.3) is 5.56 Å². The van der Waals surface area contributed by atoms with Gasteiger partial charge in [-0.2, -0.15) is 0 Å². The summed E-state index contributed by atoms with van der Waals surface area (Å²) in [4.78, 5) is 40.2. The molecule has 7 nitrogen and oxygen atoms in total. The van der Waals surface area contributed by atoms with Gasteiger partial charge in [0.1, 0.15) is 6.04 Å². The lowest BCUT2D eigenvalue weighted by molar-refractivity contribution is -0.119. The first-order valence-corrected chi connectivity index (χ1v) is 11.5. The van der Waals surface area contributed by atoms with E-state index in [4.69, 9.17) is 11.6 Å². The normalized spacial score (nSPS) is 21.3. The Morgan fingerprint density at radius 1 is 1.16 bits per heavy atom. The smallest absolute Gasteiger partial charge is 0.318 e. The lowest BCUT2D eigenvalue weighted by Crippen LogP contribution is -2.56. The number of amides is 3. The number of fused-ring (bicyclic) bond motifs is 4. The second kappa shape index (κ2) is 9.36. The molecule has 2 aliphatic heterocycles. The first kappa shape index (κ1) is 22.4. The van der Waals surface area contributed by atoms with E-state index in [1.165, 1.54) is 0 Å². The minimum atomic E-state index is -0.664. The highest BCUT2D eigenvalue weighted by molar-refractivity contribution is 6.30. The minimum Gasteiger partial charge on any atom is -0.326 e. The van der Waals surface area contributed by atoms with Crippen LogP contribution in [0.25, 0.3) is 0 Å². The van der Waals surface area contributed by atoms with Crippen molar-refractivity contribution in [1.82, 2.24) is 14.8 Å². The number of aromatic nitrogens is 1. The molecular formula is C24H29ClN4O3. The lowest BCUT2D eigenvalue weighted by atomic mass is 9.83. The van der Waals surface area contributed by atoms with Gasteiger partial charge in [0, 0.05) is 48.0 Å². The van der Waals surface area contributed by atoms with Crippen LogP contribution in [0, 0.1) is 11.8 Å². The molecule has 0 aliphatic carbocycles. The van der Waals surface area contributed by atoms with Crippen LogP contribution in [0.15, 0.2) is 47.3 Å². The third-order valence-electron chi connectivity index (χ3n) is 6.63. The lowest BCUT2D eigenvalue weighted by Gasteiger charge is -2.43. The summed E-state index contributed by atoms with van der Waals surface area (Å²) in [6.07, 6.45) is 1.72. The molecule has 2 N–H and O–H groups in total. The Balaban J connectivity index is 1.47. The fraction of sp³-hybridized carbons (Fsp3) is 0.458. The molecular weight excluding hydrogens is 428 g/mol. The number of rotatable bonds is 5. The van der Waals surface area contributed by atoms with Gasteiger partial charge in [-0.05, 0) is 42.5 Å². The molecule has 1 aromatic heterocycles. The van der Waals surface area contributed by atoms with Crippen LogP contribution in [-0.2, 0) is 11.3 Å². The van der Waals surface area contributed by atoms with E-state index in [1.54, 1.807) is 41.3 Å². The first-order chi connectivity index (χ1) is 15.4. The highest BCUT2D eigenvalue weighted by Crippen LogP contribution is 2.35. The van der Waals surface area contributed by atoms with Crippen LogP contribution >= 0.6 is 11.6 Å². The van der Waals surface area contributed by atoms with Crippen molar-refractivity contribution < 1.29 is 9.59 Å². The molecule has 170 valence electrons. The molecule has 2 aromatic rings. The number of likely N-dealkylation sites (tertiary alicyclic amines) is 1. The van der Waals surface area contributed by atoms with Crippen molar-refractivity contribution in [1.29, 1.82) is 0 Å². The molecule has 0 saturated carbocycles. The fourth-order valence-corrected chi connectivity index (χ4v) is 4.97. The Morgan fingerprint density at radius 3 is 2.69 bits per heavy atom. The highest BCUT2D eigenvalue weighted by atomic mass is 35.5. The second-order valence-corrected chi connectivity index (χ2v) is 9.35. The predicted molar refractivity (Wildman–Crippen MR) is 125 cm³/mol. The summed E-state index contributed by atoms with van der Waals surface area (Å²) in [5.74, 6) is 0.0599. The maximum Gasteiger partial charge on any atom is 0.318 e. The Bertz CT molecular complexity index is 1070. The van der Waals surface area contributed by atoms with Gasteiger partial charge in [0.05, 0.1) is 0 Å². The van der Waals surface area contributed by atoms with Gasteiger partial charge in [0.15, 0.2) is 0 Å². The molecule has 0 spiro atoms. The average Bonchev–Trinajstić information content (AvgIpc) is 2.77. The number of urea groups is 1. The molecule has 1 saturated heterocycles. The van der Waals surface area contributed by atoms with E-state index in [-0.39, 0.29) is 35.3 Å². The van der Waals surface area contributed by atoms with Crippen molar-refractivity contribution in [2.45, 2.75) is 45.2 Å². The quantitative estimate of drug-likeness (QED) is 0.719. The van der Waals surface area contributed by atoms with Crippen molar-refractivity contribution in [3.05, 3.63) is 63.5 Å². The number of benzene rings is 1. The zero-order valence-corrected chi connectivity index (χ0v) is 19.1. The van der Waals surface area contributed by atoms with Crippen LogP contribution < -0.4 is 16.2 Å². The number of carbonyl (C=O) groups is 2. The third-order valence-corrected chi connectivity index (χ3v) is 6.87. The Kier molecular flexibility index (Phi) is 6.55. The van der Waals surface area contributed by atoms with E-state index in [0.29, 0.717) is 30.3 Å². The van der Waals surface area contributed by atoms with Gasteiger partial charge in [-0.3, -0.25) is 9.59 Å². The molecule has 1 aromatic carbocycles. The van der Waals surface area contributed by atoms with Crippen LogP contribution in [0.4, 0.5) is 10.5 Å². The Labute approximate surface area is 192 Å². The molecule has 4 atom stereocenters. The summed E-state index contributed by atoms with van der Waals surface area (Å²) in [5, 5.41) is 6.37. The van der Waals surface area contributed by atoms with E-state index >= 15 is 0 Å². The SMILES string of the molecule is CC[C@@H](C)[C@H](NC(=O)N1C[C@@H]2C[C@H](C1)c1cccc(=O)n1C2)C(=O)Nc1cccc(Cl)c1. The Hall–Kier alpha value is -2.80. The molecule has 8 heteroatoms. The van der Waals surface area contributed by atoms with Crippen LogP contribution in [-0.4, -0.2) is 40.5 Å². The summed E-state index contributed by atoms with van der Waals surface area (Å²) in [5.41, 5.74) is 1.60. The van der Waals surface area contributed by atoms with Crippen molar-refractivity contribution in [2.24, 2.45) is 11.8 Å². The van der Waals surface area contributed by atoms with Gasteiger partial charge in [0.2, 0.25) is 5.91 Å². The molecule has 3 amide bonds. The van der Waals surface area contributed by atoms with Gasteiger partial charge >= 0.3 is 6.03 Å². The van der Waals surface area contributed by atoms with Crippen LogP contribution in [0.1, 0.15) is 38.3 Å². The standard InChI is InChI=1S/C24H29ClN4O3/c1-3-15(2)22(23(31)26-19-7-4-6-18(25)11-19)27-24(32)28-12-16-10-17(14-28)20-8-5-9-21(30)29(20)13-16/h4-9,11,15-17,22H,3,10,12-14H2,1-2H3,(H,26,31)(H,27,32)/t15-,16+,17-,22+/m1/s1. The van der Waals surface area contributed by atoms with Gasteiger partial charge < -0.3 is 20.1 Å². The summed E-state index contributed by atoms with van der Waals surface area (Å²) in [6, 6.07) is 11.4. The summed E-state index contributed by atoms with van der Waals surface area (Å²) in [7, 11) is 0. The van der Waals surface area contributed by atoms with Crippen LogP contribution in [0.5, 0.6) is 0 Å². The number of halogens is 1. The molecule has 2 aliphatic rings. The monoisotopic (exact) mass is 456 g/mol. The number of hydrogen-bond donors (Lipinski definition) is 2. The van der Waals surface area contributed by atoms with Gasteiger partial charge in [-0.25, -0.2) is 4.79 Å². The van der Waals surface area contributed by atoms with Gasteiger partial charge in [-0.1, -0.05) is 44.0 Å². The summed E-state index contributed by atoms with van der Waals surface area (Å²) < 4.78 is 1.84. The van der Waals surface area contributed by atoms with Crippen LogP contribution in [0.2, 0.25) is 5.02 Å². The van der Waals surface area contributed by atoms with Crippen molar-refractivity contribution in [3.8, 4) is 0 Å².